The molecule has 2 N–H and O–H groups in total. The molecule has 4 nitrogen and oxygen atoms in total. The van der Waals surface area contributed by atoms with Crippen molar-refractivity contribution in [3.8, 4) is 0 Å². The predicted octanol–water partition coefficient (Wildman–Crippen LogP) is 3.88. The van der Waals surface area contributed by atoms with Crippen molar-refractivity contribution in [3.05, 3.63) is 0 Å². The summed E-state index contributed by atoms with van der Waals surface area (Å²) in [7, 11) is 0. The molecule has 4 heteroatoms. The highest BCUT2D eigenvalue weighted by atomic mass is 16.6. The van der Waals surface area contributed by atoms with Gasteiger partial charge < -0.3 is 15.3 Å². The SMILES string of the molecule is CC(C)NCC(O)CON=C(C1CCCCC1)C1CCCCC1. The zero-order chi connectivity index (χ0) is 16.5. The van der Waals surface area contributed by atoms with E-state index in [4.69, 9.17) is 4.84 Å². The third kappa shape index (κ3) is 6.80. The smallest absolute Gasteiger partial charge is 0.144 e. The second-order valence-electron chi connectivity index (χ2n) is 7.70. The Bertz CT molecular complexity index is 325. The van der Waals surface area contributed by atoms with Gasteiger partial charge in [-0.25, -0.2) is 0 Å². The monoisotopic (exact) mass is 324 g/mol. The maximum atomic E-state index is 9.97. The summed E-state index contributed by atoms with van der Waals surface area (Å²) in [6, 6.07) is 0.383. The fourth-order valence-corrected chi connectivity index (χ4v) is 3.91. The summed E-state index contributed by atoms with van der Waals surface area (Å²) in [6.45, 7) is 5.02. The van der Waals surface area contributed by atoms with E-state index in [1.54, 1.807) is 0 Å². The average Bonchev–Trinajstić information content (AvgIpc) is 2.58. The van der Waals surface area contributed by atoms with Crippen LogP contribution in [0.4, 0.5) is 0 Å². The zero-order valence-electron chi connectivity index (χ0n) is 15.1. The summed E-state index contributed by atoms with van der Waals surface area (Å²) in [5.74, 6) is 1.25. The number of nitrogens with one attached hydrogen (secondary N) is 1. The van der Waals surface area contributed by atoms with Crippen molar-refractivity contribution in [2.45, 2.75) is 90.2 Å². The Kier molecular flexibility index (Phi) is 8.38. The van der Waals surface area contributed by atoms with Crippen LogP contribution in [0.15, 0.2) is 5.16 Å². The normalized spacial score (nSPS) is 22.1. The third-order valence-electron chi connectivity index (χ3n) is 5.25. The first-order valence-electron chi connectivity index (χ1n) is 9.78. The number of hydrogen-bond acceptors (Lipinski definition) is 4. The summed E-state index contributed by atoms with van der Waals surface area (Å²) < 4.78 is 0. The van der Waals surface area contributed by atoms with Gasteiger partial charge in [-0.15, -0.1) is 0 Å². The second kappa shape index (κ2) is 10.3. The molecule has 2 rings (SSSR count). The number of hydrogen-bond donors (Lipinski definition) is 2. The Labute approximate surface area is 142 Å². The molecule has 0 saturated heterocycles. The molecule has 134 valence electrons. The standard InChI is InChI=1S/C19H36N2O2/c1-15(2)20-13-18(22)14-23-21-19(16-9-5-3-6-10-16)17-11-7-4-8-12-17/h15-18,20,22H,3-14H2,1-2H3. The lowest BCUT2D eigenvalue weighted by Gasteiger charge is -2.30. The quantitative estimate of drug-likeness (QED) is 0.526. The van der Waals surface area contributed by atoms with E-state index in [0.717, 1.165) is 0 Å². The van der Waals surface area contributed by atoms with Gasteiger partial charge in [0.25, 0.3) is 0 Å². The molecular weight excluding hydrogens is 288 g/mol. The molecule has 0 aromatic carbocycles. The van der Waals surface area contributed by atoms with Gasteiger partial charge in [0, 0.05) is 24.4 Å². The van der Waals surface area contributed by atoms with Gasteiger partial charge in [0.05, 0.1) is 5.71 Å². The molecule has 0 aromatic heterocycles. The van der Waals surface area contributed by atoms with Crippen LogP contribution >= 0.6 is 0 Å². The summed E-state index contributed by atoms with van der Waals surface area (Å²) in [4.78, 5) is 5.59. The number of oxime groups is 1. The molecule has 23 heavy (non-hydrogen) atoms. The van der Waals surface area contributed by atoms with E-state index in [1.165, 1.54) is 69.9 Å². The minimum Gasteiger partial charge on any atom is -0.393 e. The molecule has 2 aliphatic carbocycles. The van der Waals surface area contributed by atoms with Crippen molar-refractivity contribution < 1.29 is 9.94 Å². The molecule has 0 spiro atoms. The molecule has 2 aliphatic rings. The maximum Gasteiger partial charge on any atom is 0.144 e. The van der Waals surface area contributed by atoms with Crippen LogP contribution in [0.1, 0.15) is 78.1 Å². The molecule has 0 heterocycles. The largest absolute Gasteiger partial charge is 0.393 e. The number of rotatable bonds is 8. The van der Waals surface area contributed by atoms with Gasteiger partial charge in [0.1, 0.15) is 12.7 Å². The summed E-state index contributed by atoms with van der Waals surface area (Å²) in [5.41, 5.74) is 1.31. The van der Waals surface area contributed by atoms with E-state index < -0.39 is 6.10 Å². The molecule has 2 saturated carbocycles. The lowest BCUT2D eigenvalue weighted by molar-refractivity contribution is 0.0376. The van der Waals surface area contributed by atoms with Crippen molar-refractivity contribution in [3.63, 3.8) is 0 Å². The molecule has 0 aliphatic heterocycles. The highest BCUT2D eigenvalue weighted by molar-refractivity contribution is 5.88. The van der Waals surface area contributed by atoms with Crippen LogP contribution in [0.5, 0.6) is 0 Å². The van der Waals surface area contributed by atoms with E-state index in [-0.39, 0.29) is 0 Å². The lowest BCUT2D eigenvalue weighted by Crippen LogP contribution is -2.34. The molecular formula is C19H36N2O2. The van der Waals surface area contributed by atoms with Gasteiger partial charge in [0.15, 0.2) is 0 Å². The number of aliphatic hydroxyl groups is 1. The number of nitrogens with zero attached hydrogens (tertiary/aromatic N) is 1. The van der Waals surface area contributed by atoms with E-state index in [9.17, 15) is 5.11 Å². The highest BCUT2D eigenvalue weighted by Crippen LogP contribution is 2.33. The van der Waals surface area contributed by atoms with E-state index in [1.807, 2.05) is 0 Å². The Morgan fingerprint density at radius 3 is 2.00 bits per heavy atom. The number of aliphatic hydroxyl groups excluding tert-OH is 1. The van der Waals surface area contributed by atoms with E-state index >= 15 is 0 Å². The third-order valence-corrected chi connectivity index (χ3v) is 5.25. The van der Waals surface area contributed by atoms with Gasteiger partial charge in [-0.05, 0) is 25.7 Å². The van der Waals surface area contributed by atoms with Crippen molar-refractivity contribution in [2.75, 3.05) is 13.2 Å². The molecule has 1 unspecified atom stereocenters. The van der Waals surface area contributed by atoms with Crippen LogP contribution in [-0.2, 0) is 4.84 Å². The Morgan fingerprint density at radius 2 is 1.52 bits per heavy atom. The van der Waals surface area contributed by atoms with Crippen LogP contribution in [0.25, 0.3) is 0 Å². The van der Waals surface area contributed by atoms with Gasteiger partial charge in [0.2, 0.25) is 0 Å². The van der Waals surface area contributed by atoms with Crippen LogP contribution in [0, 0.1) is 11.8 Å². The Balaban J connectivity index is 1.87. The Morgan fingerprint density at radius 1 is 1.00 bits per heavy atom. The molecule has 1 atom stereocenters. The van der Waals surface area contributed by atoms with Crippen LogP contribution in [-0.4, -0.2) is 36.1 Å². The summed E-state index contributed by atoms with van der Waals surface area (Å²) in [5, 5.41) is 17.8. The van der Waals surface area contributed by atoms with Crippen molar-refractivity contribution >= 4 is 5.71 Å². The first kappa shape index (κ1) is 18.7. The zero-order valence-corrected chi connectivity index (χ0v) is 15.1. The molecule has 0 radical (unpaired) electrons. The molecule has 0 bridgehead atoms. The summed E-state index contributed by atoms with van der Waals surface area (Å²) >= 11 is 0. The maximum absolute atomic E-state index is 9.97. The first-order chi connectivity index (χ1) is 11.2. The van der Waals surface area contributed by atoms with E-state index in [2.05, 4.69) is 24.3 Å². The first-order valence-corrected chi connectivity index (χ1v) is 9.78. The second-order valence-corrected chi connectivity index (χ2v) is 7.70. The van der Waals surface area contributed by atoms with Crippen LogP contribution in [0.3, 0.4) is 0 Å². The fraction of sp³-hybridized carbons (Fsp3) is 0.947. The van der Waals surface area contributed by atoms with Gasteiger partial charge >= 0.3 is 0 Å². The van der Waals surface area contributed by atoms with Gasteiger partial charge in [-0.2, -0.15) is 0 Å². The lowest BCUT2D eigenvalue weighted by atomic mass is 9.76. The van der Waals surface area contributed by atoms with Crippen LogP contribution in [0.2, 0.25) is 0 Å². The molecule has 2 fully saturated rings. The van der Waals surface area contributed by atoms with Gasteiger partial charge in [-0.3, -0.25) is 0 Å². The van der Waals surface area contributed by atoms with Crippen molar-refractivity contribution in [1.29, 1.82) is 0 Å². The molecule has 0 amide bonds. The Hall–Kier alpha value is -0.610. The van der Waals surface area contributed by atoms with Crippen molar-refractivity contribution in [1.82, 2.24) is 5.32 Å². The minimum atomic E-state index is -0.486. The highest BCUT2D eigenvalue weighted by Gasteiger charge is 2.28. The average molecular weight is 325 g/mol. The summed E-state index contributed by atoms with van der Waals surface area (Å²) in [6.07, 6.45) is 12.7. The van der Waals surface area contributed by atoms with Crippen LogP contribution < -0.4 is 5.32 Å². The van der Waals surface area contributed by atoms with E-state index in [0.29, 0.717) is 31.0 Å². The topological polar surface area (TPSA) is 53.8 Å². The fourth-order valence-electron chi connectivity index (χ4n) is 3.91. The molecule has 0 aromatic rings. The minimum absolute atomic E-state index is 0.294. The van der Waals surface area contributed by atoms with Gasteiger partial charge in [-0.1, -0.05) is 57.5 Å². The predicted molar refractivity (Wildman–Crippen MR) is 95.7 cm³/mol. The van der Waals surface area contributed by atoms with Crippen molar-refractivity contribution in [2.24, 2.45) is 17.0 Å².